The average molecular weight is 257 g/mol. The zero-order valence-electron chi connectivity index (χ0n) is 11.7. The number of fused-ring (bicyclic) bond motifs is 1. The predicted octanol–water partition coefficient (Wildman–Crippen LogP) is 3.54. The number of piperidine rings is 1. The molecule has 0 unspecified atom stereocenters. The number of aromatic amines is 1. The highest BCUT2D eigenvalue weighted by molar-refractivity contribution is 5.74. The van der Waals surface area contributed by atoms with Crippen molar-refractivity contribution in [1.29, 1.82) is 0 Å². The topological polar surface area (TPSA) is 31.9 Å². The highest BCUT2D eigenvalue weighted by Gasteiger charge is 2.22. The molecule has 0 saturated carbocycles. The molecule has 19 heavy (non-hydrogen) atoms. The van der Waals surface area contributed by atoms with Crippen LogP contribution in [0.2, 0.25) is 0 Å². The van der Waals surface area contributed by atoms with Gasteiger partial charge in [0.2, 0.25) is 0 Å². The number of para-hydroxylation sites is 2. The maximum absolute atomic E-state index is 4.75. The normalized spacial score (nSPS) is 18.2. The molecule has 1 saturated heterocycles. The number of hydrogen-bond donors (Lipinski definition) is 1. The molecule has 0 spiro atoms. The van der Waals surface area contributed by atoms with Gasteiger partial charge in [-0.3, -0.25) is 0 Å². The number of imidazole rings is 1. The van der Waals surface area contributed by atoms with Crippen LogP contribution in [0, 0.1) is 0 Å². The Morgan fingerprint density at radius 1 is 1.26 bits per heavy atom. The van der Waals surface area contributed by atoms with Gasteiger partial charge < -0.3 is 9.88 Å². The number of nitrogens with zero attached hydrogens (tertiary/aromatic N) is 2. The summed E-state index contributed by atoms with van der Waals surface area (Å²) in [6, 6.07) is 8.33. The van der Waals surface area contributed by atoms with Crippen molar-refractivity contribution < 1.29 is 0 Å². The first kappa shape index (κ1) is 12.7. The highest BCUT2D eigenvalue weighted by atomic mass is 15.1. The monoisotopic (exact) mass is 257 g/mol. The van der Waals surface area contributed by atoms with Gasteiger partial charge in [0.05, 0.1) is 11.0 Å². The Kier molecular flexibility index (Phi) is 3.83. The number of likely N-dealkylation sites (tertiary alicyclic amines) is 1. The largest absolute Gasteiger partial charge is 0.342 e. The van der Waals surface area contributed by atoms with Crippen LogP contribution in [-0.4, -0.2) is 34.5 Å². The van der Waals surface area contributed by atoms with Gasteiger partial charge in [-0.25, -0.2) is 4.98 Å². The molecular formula is C16H23N3. The van der Waals surface area contributed by atoms with E-state index in [9.17, 15) is 0 Å². The van der Waals surface area contributed by atoms with Crippen LogP contribution in [0.15, 0.2) is 24.3 Å². The molecule has 3 heteroatoms. The Bertz CT molecular complexity index is 491. The Morgan fingerprint density at radius 3 is 2.79 bits per heavy atom. The fraction of sp³-hybridized carbons (Fsp3) is 0.562. The molecule has 0 atom stereocenters. The third-order valence-corrected chi connectivity index (χ3v) is 4.21. The van der Waals surface area contributed by atoms with E-state index in [1.165, 1.54) is 56.7 Å². The molecule has 1 aromatic heterocycles. The van der Waals surface area contributed by atoms with Crippen molar-refractivity contribution in [1.82, 2.24) is 14.9 Å². The Labute approximate surface area is 115 Å². The predicted molar refractivity (Wildman–Crippen MR) is 79.4 cm³/mol. The molecule has 3 nitrogen and oxygen atoms in total. The lowest BCUT2D eigenvalue weighted by Crippen LogP contribution is -2.33. The minimum atomic E-state index is 0.616. The molecule has 1 N–H and O–H groups in total. The minimum Gasteiger partial charge on any atom is -0.342 e. The van der Waals surface area contributed by atoms with Gasteiger partial charge in [0.1, 0.15) is 5.82 Å². The summed E-state index contributed by atoms with van der Waals surface area (Å²) in [5, 5.41) is 0. The number of hydrogen-bond acceptors (Lipinski definition) is 2. The van der Waals surface area contributed by atoms with E-state index in [0.29, 0.717) is 5.92 Å². The average Bonchev–Trinajstić information content (AvgIpc) is 2.89. The van der Waals surface area contributed by atoms with Gasteiger partial charge in [-0.2, -0.15) is 0 Å². The second-order valence-electron chi connectivity index (χ2n) is 5.61. The van der Waals surface area contributed by atoms with Gasteiger partial charge in [0, 0.05) is 5.92 Å². The lowest BCUT2D eigenvalue weighted by atomic mass is 9.96. The van der Waals surface area contributed by atoms with Crippen LogP contribution in [0.1, 0.15) is 44.3 Å². The molecule has 0 radical (unpaired) electrons. The molecule has 1 aliphatic rings. The van der Waals surface area contributed by atoms with E-state index in [1.807, 2.05) is 0 Å². The number of H-pyrrole nitrogens is 1. The molecular weight excluding hydrogens is 234 g/mol. The van der Waals surface area contributed by atoms with Crippen LogP contribution in [0.4, 0.5) is 0 Å². The summed E-state index contributed by atoms with van der Waals surface area (Å²) in [4.78, 5) is 10.8. The Hall–Kier alpha value is -1.35. The van der Waals surface area contributed by atoms with Crippen molar-refractivity contribution in [2.24, 2.45) is 0 Å². The summed E-state index contributed by atoms with van der Waals surface area (Å²) in [5.74, 6) is 1.81. The van der Waals surface area contributed by atoms with Gasteiger partial charge in [-0.1, -0.05) is 25.5 Å². The summed E-state index contributed by atoms with van der Waals surface area (Å²) >= 11 is 0. The van der Waals surface area contributed by atoms with Crippen LogP contribution in [0.25, 0.3) is 11.0 Å². The van der Waals surface area contributed by atoms with E-state index in [-0.39, 0.29) is 0 Å². The van der Waals surface area contributed by atoms with E-state index >= 15 is 0 Å². The number of unbranched alkanes of at least 4 members (excludes halogenated alkanes) is 1. The number of rotatable bonds is 4. The summed E-state index contributed by atoms with van der Waals surface area (Å²) in [6.07, 6.45) is 5.10. The Morgan fingerprint density at radius 2 is 2.05 bits per heavy atom. The van der Waals surface area contributed by atoms with Gasteiger partial charge in [-0.05, 0) is 51.0 Å². The molecule has 1 fully saturated rings. The van der Waals surface area contributed by atoms with Gasteiger partial charge in [-0.15, -0.1) is 0 Å². The molecule has 1 aliphatic heterocycles. The molecule has 2 heterocycles. The first-order valence-corrected chi connectivity index (χ1v) is 7.54. The maximum atomic E-state index is 4.75. The first-order valence-electron chi connectivity index (χ1n) is 7.54. The summed E-state index contributed by atoms with van der Waals surface area (Å²) in [5.41, 5.74) is 2.27. The van der Waals surface area contributed by atoms with Gasteiger partial charge in [0.25, 0.3) is 0 Å². The van der Waals surface area contributed by atoms with Crippen LogP contribution in [0.5, 0.6) is 0 Å². The third kappa shape index (κ3) is 2.81. The van der Waals surface area contributed by atoms with Crippen molar-refractivity contribution >= 4 is 11.0 Å². The molecule has 0 aliphatic carbocycles. The zero-order chi connectivity index (χ0) is 13.1. The standard InChI is InChI=1S/C16H23N3/c1-2-3-10-19-11-8-13(9-12-19)16-17-14-6-4-5-7-15(14)18-16/h4-7,13H,2-3,8-12H2,1H3,(H,17,18). The second-order valence-corrected chi connectivity index (χ2v) is 5.61. The fourth-order valence-electron chi connectivity index (χ4n) is 2.98. The zero-order valence-corrected chi connectivity index (χ0v) is 11.7. The third-order valence-electron chi connectivity index (χ3n) is 4.21. The van der Waals surface area contributed by atoms with E-state index in [1.54, 1.807) is 0 Å². The first-order chi connectivity index (χ1) is 9.36. The summed E-state index contributed by atoms with van der Waals surface area (Å²) in [7, 11) is 0. The Balaban J connectivity index is 1.64. The van der Waals surface area contributed by atoms with Crippen molar-refractivity contribution in [3.05, 3.63) is 30.1 Å². The fourth-order valence-corrected chi connectivity index (χ4v) is 2.98. The quantitative estimate of drug-likeness (QED) is 0.908. The van der Waals surface area contributed by atoms with Gasteiger partial charge in [0.15, 0.2) is 0 Å². The lowest BCUT2D eigenvalue weighted by Gasteiger charge is -2.30. The van der Waals surface area contributed by atoms with Crippen LogP contribution < -0.4 is 0 Å². The van der Waals surface area contributed by atoms with Crippen LogP contribution in [-0.2, 0) is 0 Å². The van der Waals surface area contributed by atoms with Crippen molar-refractivity contribution in [2.75, 3.05) is 19.6 Å². The molecule has 1 aromatic carbocycles. The van der Waals surface area contributed by atoms with E-state index in [2.05, 4.69) is 41.1 Å². The SMILES string of the molecule is CCCCN1CCC(c2nc3ccccc3[nH]2)CC1. The molecule has 3 rings (SSSR count). The number of aromatic nitrogens is 2. The van der Waals surface area contributed by atoms with Crippen molar-refractivity contribution in [3.8, 4) is 0 Å². The molecule has 0 bridgehead atoms. The summed E-state index contributed by atoms with van der Waals surface area (Å²) < 4.78 is 0. The van der Waals surface area contributed by atoms with Crippen LogP contribution >= 0.6 is 0 Å². The number of nitrogens with one attached hydrogen (secondary N) is 1. The van der Waals surface area contributed by atoms with Crippen LogP contribution in [0.3, 0.4) is 0 Å². The minimum absolute atomic E-state index is 0.616. The lowest BCUT2D eigenvalue weighted by molar-refractivity contribution is 0.207. The molecule has 2 aromatic rings. The van der Waals surface area contributed by atoms with E-state index in [4.69, 9.17) is 4.98 Å². The molecule has 0 amide bonds. The highest BCUT2D eigenvalue weighted by Crippen LogP contribution is 2.27. The van der Waals surface area contributed by atoms with E-state index in [0.717, 1.165) is 5.52 Å². The van der Waals surface area contributed by atoms with Gasteiger partial charge >= 0.3 is 0 Å². The number of benzene rings is 1. The maximum Gasteiger partial charge on any atom is 0.110 e. The van der Waals surface area contributed by atoms with Crippen molar-refractivity contribution in [2.45, 2.75) is 38.5 Å². The van der Waals surface area contributed by atoms with E-state index < -0.39 is 0 Å². The summed E-state index contributed by atoms with van der Waals surface area (Å²) in [6.45, 7) is 5.98. The smallest absolute Gasteiger partial charge is 0.110 e. The second kappa shape index (κ2) is 5.74. The molecule has 102 valence electrons. The van der Waals surface area contributed by atoms with Crippen molar-refractivity contribution in [3.63, 3.8) is 0 Å².